The summed E-state index contributed by atoms with van der Waals surface area (Å²) in [6.07, 6.45) is 7.57. The van der Waals surface area contributed by atoms with Crippen molar-refractivity contribution in [3.05, 3.63) is 69.7 Å². The van der Waals surface area contributed by atoms with Crippen LogP contribution in [0.4, 0.5) is 4.39 Å². The van der Waals surface area contributed by atoms with Crippen LogP contribution >= 0.6 is 11.6 Å². The second kappa shape index (κ2) is 12.8. The number of carboxylic acid groups (broad SMARTS) is 1. The van der Waals surface area contributed by atoms with Gasteiger partial charge in [-0.15, -0.1) is 0 Å². The third-order valence-corrected chi connectivity index (χ3v) is 6.02. The number of hydrogen-bond donors (Lipinski definition) is 2. The number of aliphatic hydroxyl groups excluding tert-OH is 1. The van der Waals surface area contributed by atoms with Gasteiger partial charge < -0.3 is 19.8 Å². The summed E-state index contributed by atoms with van der Waals surface area (Å²) in [7, 11) is 1.62. The highest BCUT2D eigenvalue weighted by Crippen LogP contribution is 2.29. The van der Waals surface area contributed by atoms with Gasteiger partial charge in [-0.1, -0.05) is 55.3 Å². The van der Waals surface area contributed by atoms with Crippen molar-refractivity contribution in [3.8, 4) is 0 Å². The molecule has 1 aromatic rings. The number of benzene rings is 1. The molecule has 2 rings (SSSR count). The van der Waals surface area contributed by atoms with Gasteiger partial charge >= 0.3 is 5.97 Å². The highest BCUT2D eigenvalue weighted by molar-refractivity contribution is 6.30. The number of halogens is 2. The van der Waals surface area contributed by atoms with Crippen molar-refractivity contribution in [1.29, 1.82) is 0 Å². The maximum absolute atomic E-state index is 14.2. The molecule has 1 heterocycles. The number of aliphatic carboxylic acids is 1. The van der Waals surface area contributed by atoms with Crippen LogP contribution in [0.1, 0.15) is 38.7 Å². The third kappa shape index (κ3) is 7.19. The standard InChI is InChI=1S/C25H33ClFNO4/c1-17(2)23(16-29)28-12-10-20(25(30)31)14-18(15-21(28)11-13-32-3)6-4-7-19-8-5-9-22(26)24(19)27/h5-6,8-11,17,23,29H,4,7,12-16H2,1-3H3,(H,30,31)/b18-6-,20-10+,21-11+. The van der Waals surface area contributed by atoms with Gasteiger partial charge in [0.1, 0.15) is 5.82 Å². The van der Waals surface area contributed by atoms with E-state index in [0.29, 0.717) is 50.0 Å². The maximum Gasteiger partial charge on any atom is 0.331 e. The molecule has 0 amide bonds. The lowest BCUT2D eigenvalue weighted by Gasteiger charge is -2.38. The van der Waals surface area contributed by atoms with E-state index in [4.69, 9.17) is 16.3 Å². The average Bonchev–Trinajstić information content (AvgIpc) is 2.73. The van der Waals surface area contributed by atoms with Gasteiger partial charge in [-0.2, -0.15) is 0 Å². The highest BCUT2D eigenvalue weighted by Gasteiger charge is 2.26. The lowest BCUT2D eigenvalue weighted by atomic mass is 9.93. The van der Waals surface area contributed by atoms with E-state index in [2.05, 4.69) is 4.90 Å². The summed E-state index contributed by atoms with van der Waals surface area (Å²) in [5.74, 6) is -1.19. The Balaban J connectivity index is 2.35. The van der Waals surface area contributed by atoms with Crippen LogP contribution in [0, 0.1) is 11.7 Å². The Morgan fingerprint density at radius 1 is 1.31 bits per heavy atom. The average molecular weight is 466 g/mol. The van der Waals surface area contributed by atoms with E-state index in [1.54, 1.807) is 25.3 Å². The van der Waals surface area contributed by atoms with E-state index < -0.39 is 11.8 Å². The fraction of sp³-hybridized carbons (Fsp3) is 0.480. The maximum atomic E-state index is 14.2. The molecule has 0 saturated carbocycles. The molecule has 2 N–H and O–H groups in total. The number of carbonyl (C=O) groups is 1. The number of rotatable bonds is 9. The Hall–Kier alpha value is -2.15. The molecule has 0 saturated heterocycles. The first-order valence-corrected chi connectivity index (χ1v) is 11.2. The summed E-state index contributed by atoms with van der Waals surface area (Å²) in [6.45, 7) is 4.85. The fourth-order valence-corrected chi connectivity index (χ4v) is 4.10. The molecule has 32 heavy (non-hydrogen) atoms. The first-order chi connectivity index (χ1) is 15.3. The van der Waals surface area contributed by atoms with Crippen LogP contribution in [-0.4, -0.2) is 54.0 Å². The fourth-order valence-electron chi connectivity index (χ4n) is 3.91. The monoisotopic (exact) mass is 465 g/mol. The van der Waals surface area contributed by atoms with E-state index in [1.165, 1.54) is 6.07 Å². The minimum atomic E-state index is -0.953. The first kappa shape index (κ1) is 26.1. The van der Waals surface area contributed by atoms with Crippen LogP contribution in [0.3, 0.4) is 0 Å². The summed E-state index contributed by atoms with van der Waals surface area (Å²) < 4.78 is 19.5. The van der Waals surface area contributed by atoms with Crippen molar-refractivity contribution in [3.63, 3.8) is 0 Å². The zero-order valence-corrected chi connectivity index (χ0v) is 19.7. The summed E-state index contributed by atoms with van der Waals surface area (Å²) in [6, 6.07) is 4.80. The van der Waals surface area contributed by atoms with Crippen molar-refractivity contribution in [2.75, 3.05) is 26.9 Å². The smallest absolute Gasteiger partial charge is 0.331 e. The van der Waals surface area contributed by atoms with Gasteiger partial charge in [0, 0.05) is 37.8 Å². The highest BCUT2D eigenvalue weighted by atomic mass is 35.5. The summed E-state index contributed by atoms with van der Waals surface area (Å²) in [5, 5.41) is 19.8. The molecule has 0 fully saturated rings. The minimum absolute atomic E-state index is 0.0364. The minimum Gasteiger partial charge on any atom is -0.478 e. The Kier molecular flexibility index (Phi) is 10.4. The Bertz CT molecular complexity index is 879. The molecule has 0 radical (unpaired) electrons. The molecule has 1 aromatic carbocycles. The van der Waals surface area contributed by atoms with E-state index >= 15 is 0 Å². The molecule has 1 atom stereocenters. The lowest BCUT2D eigenvalue weighted by molar-refractivity contribution is -0.132. The predicted molar refractivity (Wildman–Crippen MR) is 125 cm³/mol. The second-order valence-electron chi connectivity index (χ2n) is 8.30. The molecule has 0 bridgehead atoms. The number of aliphatic hydroxyl groups is 1. The van der Waals surface area contributed by atoms with Crippen LogP contribution in [0.25, 0.3) is 0 Å². The van der Waals surface area contributed by atoms with Gasteiger partial charge in [0.15, 0.2) is 0 Å². The second-order valence-corrected chi connectivity index (χ2v) is 8.71. The number of allylic oxidation sites excluding steroid dienone is 2. The van der Waals surface area contributed by atoms with Gasteiger partial charge in [0.05, 0.1) is 24.3 Å². The van der Waals surface area contributed by atoms with E-state index in [0.717, 1.165) is 11.3 Å². The van der Waals surface area contributed by atoms with Crippen molar-refractivity contribution in [1.82, 2.24) is 4.90 Å². The Labute approximate surface area is 194 Å². The normalized spacial score (nSPS) is 20.2. The zero-order valence-electron chi connectivity index (χ0n) is 19.0. The molecule has 1 aliphatic rings. The summed E-state index contributed by atoms with van der Waals surface area (Å²) in [5.41, 5.74) is 2.78. The molecule has 0 aromatic heterocycles. The largest absolute Gasteiger partial charge is 0.478 e. The van der Waals surface area contributed by atoms with Crippen LogP contribution in [0.15, 0.2) is 53.3 Å². The zero-order chi connectivity index (χ0) is 23.7. The Morgan fingerprint density at radius 2 is 2.06 bits per heavy atom. The van der Waals surface area contributed by atoms with Crippen LogP contribution in [0.5, 0.6) is 0 Å². The van der Waals surface area contributed by atoms with Crippen LogP contribution < -0.4 is 0 Å². The number of methoxy groups -OCH3 is 1. The third-order valence-electron chi connectivity index (χ3n) is 5.72. The SMILES string of the molecule is COC/C=C1\C/C(=C\CCc2cccc(Cl)c2F)C/C(C(=O)O)=C\CN1C(CO)C(C)C. The topological polar surface area (TPSA) is 70.0 Å². The van der Waals surface area contributed by atoms with Gasteiger partial charge in [0.2, 0.25) is 0 Å². The molecule has 1 unspecified atom stereocenters. The molecule has 1 aliphatic heterocycles. The van der Waals surface area contributed by atoms with Crippen LogP contribution in [-0.2, 0) is 16.0 Å². The quantitative estimate of drug-likeness (QED) is 0.502. The molecule has 0 spiro atoms. The van der Waals surface area contributed by atoms with Crippen molar-refractivity contribution in [2.45, 2.75) is 45.6 Å². The predicted octanol–water partition coefficient (Wildman–Crippen LogP) is 4.99. The number of hydrogen-bond acceptors (Lipinski definition) is 4. The molecular weight excluding hydrogens is 433 g/mol. The first-order valence-electron chi connectivity index (χ1n) is 10.9. The molecular formula is C25H33ClFNO4. The van der Waals surface area contributed by atoms with Gasteiger partial charge in [0.25, 0.3) is 0 Å². The van der Waals surface area contributed by atoms with Crippen molar-refractivity contribution < 1.29 is 24.1 Å². The van der Waals surface area contributed by atoms with Crippen molar-refractivity contribution >= 4 is 17.6 Å². The van der Waals surface area contributed by atoms with Gasteiger partial charge in [-0.25, -0.2) is 9.18 Å². The molecule has 7 heteroatoms. The Morgan fingerprint density at radius 3 is 2.69 bits per heavy atom. The number of ether oxygens (including phenoxy) is 1. The molecule has 5 nitrogen and oxygen atoms in total. The number of nitrogens with zero attached hydrogens (tertiary/aromatic N) is 1. The van der Waals surface area contributed by atoms with Crippen molar-refractivity contribution in [2.24, 2.45) is 5.92 Å². The van der Waals surface area contributed by atoms with Gasteiger partial charge in [-0.05, 0) is 36.5 Å². The number of aryl methyl sites for hydroxylation is 1. The van der Waals surface area contributed by atoms with E-state index in [1.807, 2.05) is 26.0 Å². The van der Waals surface area contributed by atoms with E-state index in [-0.39, 0.29) is 23.6 Å². The summed E-state index contributed by atoms with van der Waals surface area (Å²) >= 11 is 5.88. The van der Waals surface area contributed by atoms with Gasteiger partial charge in [-0.3, -0.25) is 0 Å². The van der Waals surface area contributed by atoms with Crippen LogP contribution in [0.2, 0.25) is 5.02 Å². The molecule has 0 aliphatic carbocycles. The number of carboxylic acids is 1. The summed E-state index contributed by atoms with van der Waals surface area (Å²) in [4.78, 5) is 13.9. The lowest BCUT2D eigenvalue weighted by Crippen LogP contribution is -2.42. The van der Waals surface area contributed by atoms with E-state index in [9.17, 15) is 19.4 Å². The molecule has 176 valence electrons.